The van der Waals surface area contributed by atoms with Gasteiger partial charge < -0.3 is 9.62 Å². The first-order chi connectivity index (χ1) is 5.90. The molecule has 0 amide bonds. The maximum absolute atomic E-state index is 8.24. The maximum atomic E-state index is 8.24. The lowest BCUT2D eigenvalue weighted by Crippen LogP contribution is -1.70. The summed E-state index contributed by atoms with van der Waals surface area (Å²) in [6, 6.07) is 3.60. The van der Waals surface area contributed by atoms with E-state index in [-0.39, 0.29) is 0 Å². The van der Waals surface area contributed by atoms with Crippen LogP contribution in [0.25, 0.3) is 11.0 Å². The van der Waals surface area contributed by atoms with E-state index < -0.39 is 0 Å². The van der Waals surface area contributed by atoms with Gasteiger partial charge >= 0.3 is 0 Å². The average Bonchev–Trinajstić information content (AvgIpc) is 2.47. The van der Waals surface area contributed by atoms with Crippen LogP contribution in [0.4, 0.5) is 0 Å². The predicted octanol–water partition coefficient (Wildman–Crippen LogP) is 1.64. The molecule has 0 aromatic carbocycles. The highest BCUT2D eigenvalue weighted by Gasteiger charge is 1.99. The molecule has 2 heterocycles. The Morgan fingerprint density at radius 3 is 3.25 bits per heavy atom. The van der Waals surface area contributed by atoms with Gasteiger partial charge in [-0.05, 0) is 12.1 Å². The summed E-state index contributed by atoms with van der Waals surface area (Å²) in [5.74, 6) is 0.514. The Bertz CT molecular complexity index is 387. The van der Waals surface area contributed by atoms with E-state index in [1.807, 2.05) is 6.07 Å². The van der Waals surface area contributed by atoms with Crippen LogP contribution in [0.3, 0.4) is 0 Å². The summed E-state index contributed by atoms with van der Waals surface area (Å²) in [6.45, 7) is 0. The minimum atomic E-state index is 0.514. The highest BCUT2D eigenvalue weighted by Crippen LogP contribution is 2.15. The van der Waals surface area contributed by atoms with Crippen LogP contribution in [0.15, 0.2) is 34.1 Å². The number of nitrogens with zero attached hydrogens (tertiary/aromatic N) is 2. The monoisotopic (exact) mass is 162 g/mol. The predicted molar refractivity (Wildman–Crippen MR) is 43.4 cm³/mol. The third-order valence-electron chi connectivity index (χ3n) is 1.53. The van der Waals surface area contributed by atoms with Gasteiger partial charge in [0.1, 0.15) is 12.0 Å². The van der Waals surface area contributed by atoms with Crippen LogP contribution in [-0.4, -0.2) is 16.4 Å². The van der Waals surface area contributed by atoms with E-state index in [1.54, 1.807) is 18.5 Å². The number of hydrogen-bond donors (Lipinski definition) is 1. The highest BCUT2D eigenvalue weighted by atomic mass is 16.4. The number of furan rings is 1. The third-order valence-corrected chi connectivity index (χ3v) is 1.53. The van der Waals surface area contributed by atoms with Gasteiger partial charge in [0.25, 0.3) is 0 Å². The maximum Gasteiger partial charge on any atom is 0.153 e. The molecule has 0 atom stereocenters. The molecule has 60 valence electrons. The molecule has 2 aromatic rings. The second-order valence-corrected chi connectivity index (χ2v) is 2.31. The quantitative estimate of drug-likeness (QED) is 0.394. The zero-order chi connectivity index (χ0) is 8.39. The molecule has 2 aromatic heterocycles. The number of oxime groups is 1. The van der Waals surface area contributed by atoms with E-state index in [9.17, 15) is 0 Å². The SMILES string of the molecule is ON=Cc1cc2ccncc2o1. The van der Waals surface area contributed by atoms with Gasteiger partial charge in [-0.3, -0.25) is 4.98 Å². The molecule has 0 aliphatic carbocycles. The van der Waals surface area contributed by atoms with Gasteiger partial charge in [0.2, 0.25) is 0 Å². The summed E-state index contributed by atoms with van der Waals surface area (Å²) >= 11 is 0. The van der Waals surface area contributed by atoms with Crippen molar-refractivity contribution in [1.29, 1.82) is 0 Å². The molecule has 4 nitrogen and oxygen atoms in total. The van der Waals surface area contributed by atoms with Crippen LogP contribution in [0.5, 0.6) is 0 Å². The Balaban J connectivity index is 2.62. The molecule has 0 spiro atoms. The molecule has 0 bridgehead atoms. The summed E-state index contributed by atoms with van der Waals surface area (Å²) in [4.78, 5) is 3.89. The molecule has 0 aliphatic rings. The molecule has 0 saturated carbocycles. The Labute approximate surface area is 68.1 Å². The van der Waals surface area contributed by atoms with Crippen LogP contribution in [0, 0.1) is 0 Å². The zero-order valence-electron chi connectivity index (χ0n) is 6.14. The van der Waals surface area contributed by atoms with Crippen LogP contribution >= 0.6 is 0 Å². The van der Waals surface area contributed by atoms with Gasteiger partial charge in [-0.1, -0.05) is 5.16 Å². The zero-order valence-corrected chi connectivity index (χ0v) is 6.14. The largest absolute Gasteiger partial charge is 0.453 e. The standard InChI is InChI=1S/C8H6N2O2/c11-10-4-7-3-6-1-2-9-5-8(6)12-7/h1-5,11H. The van der Waals surface area contributed by atoms with Crippen molar-refractivity contribution in [2.45, 2.75) is 0 Å². The minimum Gasteiger partial charge on any atom is -0.453 e. The summed E-state index contributed by atoms with van der Waals surface area (Å²) in [7, 11) is 0. The lowest BCUT2D eigenvalue weighted by atomic mass is 10.3. The Morgan fingerprint density at radius 1 is 1.58 bits per heavy atom. The van der Waals surface area contributed by atoms with Gasteiger partial charge in [-0.25, -0.2) is 0 Å². The topological polar surface area (TPSA) is 58.6 Å². The number of pyridine rings is 1. The van der Waals surface area contributed by atoms with Gasteiger partial charge in [0.05, 0.1) is 6.20 Å². The molecule has 0 aliphatic heterocycles. The molecule has 2 rings (SSSR count). The van der Waals surface area contributed by atoms with Crippen LogP contribution in [0.1, 0.15) is 5.76 Å². The van der Waals surface area contributed by atoms with E-state index in [0.29, 0.717) is 11.3 Å². The van der Waals surface area contributed by atoms with Gasteiger partial charge in [-0.2, -0.15) is 0 Å². The minimum absolute atomic E-state index is 0.514. The van der Waals surface area contributed by atoms with Gasteiger partial charge in [-0.15, -0.1) is 0 Å². The van der Waals surface area contributed by atoms with E-state index in [0.717, 1.165) is 5.39 Å². The van der Waals surface area contributed by atoms with Crippen LogP contribution in [-0.2, 0) is 0 Å². The molecule has 4 heteroatoms. The van der Waals surface area contributed by atoms with Gasteiger partial charge in [0.15, 0.2) is 5.58 Å². The first-order valence-corrected chi connectivity index (χ1v) is 3.41. The first kappa shape index (κ1) is 6.84. The average molecular weight is 162 g/mol. The lowest BCUT2D eigenvalue weighted by molar-refractivity contribution is 0.321. The Morgan fingerprint density at radius 2 is 2.50 bits per heavy atom. The fourth-order valence-corrected chi connectivity index (χ4v) is 1.03. The van der Waals surface area contributed by atoms with E-state index in [1.165, 1.54) is 6.21 Å². The number of rotatable bonds is 1. The normalized spacial score (nSPS) is 11.3. The molecule has 12 heavy (non-hydrogen) atoms. The van der Waals surface area contributed by atoms with E-state index in [4.69, 9.17) is 9.62 Å². The summed E-state index contributed by atoms with van der Waals surface area (Å²) < 4.78 is 5.24. The fourth-order valence-electron chi connectivity index (χ4n) is 1.03. The number of aromatic nitrogens is 1. The first-order valence-electron chi connectivity index (χ1n) is 3.41. The van der Waals surface area contributed by atoms with E-state index >= 15 is 0 Å². The van der Waals surface area contributed by atoms with E-state index in [2.05, 4.69) is 10.1 Å². The molecule has 0 fully saturated rings. The molecule has 1 N–H and O–H groups in total. The van der Waals surface area contributed by atoms with Crippen molar-refractivity contribution in [3.8, 4) is 0 Å². The smallest absolute Gasteiger partial charge is 0.153 e. The van der Waals surface area contributed by atoms with Crippen molar-refractivity contribution in [3.05, 3.63) is 30.3 Å². The van der Waals surface area contributed by atoms with Crippen molar-refractivity contribution in [1.82, 2.24) is 4.98 Å². The second-order valence-electron chi connectivity index (χ2n) is 2.31. The summed E-state index contributed by atoms with van der Waals surface area (Å²) in [5, 5.41) is 12.0. The molecule has 0 radical (unpaired) electrons. The third kappa shape index (κ3) is 1.03. The molecule has 0 saturated heterocycles. The van der Waals surface area contributed by atoms with Crippen LogP contribution in [0.2, 0.25) is 0 Å². The molecular formula is C8H6N2O2. The van der Waals surface area contributed by atoms with Gasteiger partial charge in [0, 0.05) is 11.6 Å². The van der Waals surface area contributed by atoms with Crippen LogP contribution < -0.4 is 0 Å². The summed E-state index contributed by atoms with van der Waals surface area (Å²) in [5.41, 5.74) is 0.687. The fraction of sp³-hybridized carbons (Fsp3) is 0. The second kappa shape index (κ2) is 2.65. The number of hydrogen-bond acceptors (Lipinski definition) is 4. The van der Waals surface area contributed by atoms with Crippen molar-refractivity contribution in [2.24, 2.45) is 5.16 Å². The van der Waals surface area contributed by atoms with Crippen molar-refractivity contribution >= 4 is 17.2 Å². The molecular weight excluding hydrogens is 156 g/mol. The summed E-state index contributed by atoms with van der Waals surface area (Å²) in [6.07, 6.45) is 4.53. The highest BCUT2D eigenvalue weighted by molar-refractivity contribution is 5.85. The number of fused-ring (bicyclic) bond motifs is 1. The Hall–Kier alpha value is -1.84. The van der Waals surface area contributed by atoms with Crippen molar-refractivity contribution < 1.29 is 9.62 Å². The Kier molecular flexibility index (Phi) is 1.51. The van der Waals surface area contributed by atoms with Crippen molar-refractivity contribution in [3.63, 3.8) is 0 Å². The lowest BCUT2D eigenvalue weighted by Gasteiger charge is -1.81. The molecule has 0 unspecified atom stereocenters. The van der Waals surface area contributed by atoms with Crippen molar-refractivity contribution in [2.75, 3.05) is 0 Å².